The van der Waals surface area contributed by atoms with Crippen LogP contribution in [0.4, 0.5) is 13.2 Å². The molecular weight excluding hydrogens is 191 g/mol. The lowest BCUT2D eigenvalue weighted by molar-refractivity contribution is -0.133. The van der Waals surface area contributed by atoms with E-state index in [2.05, 4.69) is 12.2 Å². The van der Waals surface area contributed by atoms with Gasteiger partial charge in [0.25, 0.3) is 0 Å². The summed E-state index contributed by atoms with van der Waals surface area (Å²) in [6.07, 6.45) is -0.705. The first-order valence-corrected chi connectivity index (χ1v) is 5.29. The second-order valence-electron chi connectivity index (χ2n) is 3.57. The van der Waals surface area contributed by atoms with Gasteiger partial charge in [0, 0.05) is 12.6 Å². The molecule has 0 aromatic carbocycles. The van der Waals surface area contributed by atoms with Crippen LogP contribution in [0.25, 0.3) is 0 Å². The molecule has 0 saturated carbocycles. The lowest BCUT2D eigenvalue weighted by Crippen LogP contribution is -2.31. The summed E-state index contributed by atoms with van der Waals surface area (Å²) in [6.45, 7) is 4.13. The third-order valence-corrected chi connectivity index (χ3v) is 2.24. The molecule has 0 fully saturated rings. The number of hydrogen-bond donors (Lipinski definition) is 1. The average molecular weight is 211 g/mol. The molecule has 1 unspecified atom stereocenters. The maximum absolute atomic E-state index is 11.8. The minimum atomic E-state index is -4.03. The summed E-state index contributed by atoms with van der Waals surface area (Å²) in [5, 5.41) is 2.94. The van der Waals surface area contributed by atoms with Gasteiger partial charge >= 0.3 is 6.18 Å². The van der Waals surface area contributed by atoms with Gasteiger partial charge in [-0.15, -0.1) is 0 Å². The molecule has 0 aliphatic rings. The number of nitrogens with one attached hydrogen (secondary N) is 1. The zero-order chi connectivity index (χ0) is 11.0. The van der Waals surface area contributed by atoms with E-state index in [1.54, 1.807) is 0 Å². The van der Waals surface area contributed by atoms with E-state index in [4.69, 9.17) is 0 Å². The molecule has 1 N–H and O–H groups in total. The predicted octanol–water partition coefficient (Wildman–Crippen LogP) is 3.50. The van der Waals surface area contributed by atoms with Crippen molar-refractivity contribution in [2.24, 2.45) is 0 Å². The third-order valence-electron chi connectivity index (χ3n) is 2.24. The van der Waals surface area contributed by atoms with E-state index in [-0.39, 0.29) is 12.6 Å². The Hall–Kier alpha value is -0.250. The number of halogens is 3. The Morgan fingerprint density at radius 1 is 1.21 bits per heavy atom. The number of alkyl halides is 3. The van der Waals surface area contributed by atoms with Gasteiger partial charge in [0.2, 0.25) is 0 Å². The highest BCUT2D eigenvalue weighted by Crippen LogP contribution is 2.18. The fraction of sp³-hybridized carbons (Fsp3) is 1.00. The monoisotopic (exact) mass is 211 g/mol. The van der Waals surface area contributed by atoms with E-state index < -0.39 is 12.6 Å². The molecule has 0 radical (unpaired) electrons. The maximum Gasteiger partial charge on any atom is 0.390 e. The van der Waals surface area contributed by atoms with Gasteiger partial charge in [-0.25, -0.2) is 0 Å². The molecule has 0 saturated heterocycles. The summed E-state index contributed by atoms with van der Waals surface area (Å²) >= 11 is 0. The van der Waals surface area contributed by atoms with Crippen molar-refractivity contribution in [1.82, 2.24) is 5.32 Å². The molecular formula is C10H20F3N. The number of rotatable bonds is 7. The van der Waals surface area contributed by atoms with E-state index in [1.165, 1.54) is 0 Å². The Labute approximate surface area is 84.1 Å². The molecule has 0 bridgehead atoms. The molecule has 0 spiro atoms. The Kier molecular flexibility index (Phi) is 6.97. The summed E-state index contributed by atoms with van der Waals surface area (Å²) in [4.78, 5) is 0. The van der Waals surface area contributed by atoms with Crippen LogP contribution in [0.15, 0.2) is 0 Å². The summed E-state index contributed by atoms with van der Waals surface area (Å²) in [7, 11) is 0. The molecule has 86 valence electrons. The number of hydrogen-bond acceptors (Lipinski definition) is 1. The maximum atomic E-state index is 11.8. The Morgan fingerprint density at radius 3 is 2.29 bits per heavy atom. The fourth-order valence-electron chi connectivity index (χ4n) is 1.32. The standard InChI is InChI=1S/C10H20F3N/c1-3-5-6-9(4-2)14-8-7-10(11,12)13/h9,14H,3-8H2,1-2H3. The second-order valence-corrected chi connectivity index (χ2v) is 3.57. The van der Waals surface area contributed by atoms with Crippen LogP contribution in [-0.2, 0) is 0 Å². The van der Waals surface area contributed by atoms with Crippen molar-refractivity contribution in [1.29, 1.82) is 0 Å². The average Bonchev–Trinajstić information content (AvgIpc) is 2.09. The fourth-order valence-corrected chi connectivity index (χ4v) is 1.32. The minimum absolute atomic E-state index is 0.0473. The summed E-state index contributed by atoms with van der Waals surface area (Å²) < 4.78 is 35.5. The van der Waals surface area contributed by atoms with Crippen LogP contribution in [0, 0.1) is 0 Å². The first-order chi connectivity index (χ1) is 6.49. The van der Waals surface area contributed by atoms with Crippen LogP contribution >= 0.6 is 0 Å². The van der Waals surface area contributed by atoms with Crippen molar-refractivity contribution in [3.8, 4) is 0 Å². The molecule has 0 heterocycles. The summed E-state index contributed by atoms with van der Waals surface area (Å²) in [6, 6.07) is 0.247. The van der Waals surface area contributed by atoms with Gasteiger partial charge in [-0.1, -0.05) is 26.7 Å². The highest BCUT2D eigenvalue weighted by Gasteiger charge is 2.26. The first kappa shape index (κ1) is 13.8. The van der Waals surface area contributed by atoms with Gasteiger partial charge in [0.1, 0.15) is 0 Å². The molecule has 1 nitrogen and oxygen atoms in total. The van der Waals surface area contributed by atoms with E-state index in [0.717, 1.165) is 25.7 Å². The van der Waals surface area contributed by atoms with Crippen LogP contribution in [0.5, 0.6) is 0 Å². The molecule has 4 heteroatoms. The van der Waals surface area contributed by atoms with Crippen LogP contribution < -0.4 is 5.32 Å². The molecule has 0 aromatic heterocycles. The molecule has 0 aliphatic carbocycles. The summed E-state index contributed by atoms with van der Waals surface area (Å²) in [5.74, 6) is 0. The smallest absolute Gasteiger partial charge is 0.314 e. The largest absolute Gasteiger partial charge is 0.390 e. The van der Waals surface area contributed by atoms with Gasteiger partial charge in [0.15, 0.2) is 0 Å². The lowest BCUT2D eigenvalue weighted by atomic mass is 10.1. The second kappa shape index (κ2) is 7.10. The highest BCUT2D eigenvalue weighted by molar-refractivity contribution is 4.65. The molecule has 1 atom stereocenters. The Balaban J connectivity index is 3.52. The van der Waals surface area contributed by atoms with Crippen molar-refractivity contribution < 1.29 is 13.2 Å². The summed E-state index contributed by atoms with van der Waals surface area (Å²) in [5.41, 5.74) is 0. The normalized spacial score (nSPS) is 14.4. The van der Waals surface area contributed by atoms with Crippen LogP contribution in [-0.4, -0.2) is 18.8 Å². The van der Waals surface area contributed by atoms with Crippen molar-refractivity contribution >= 4 is 0 Å². The van der Waals surface area contributed by atoms with E-state index in [9.17, 15) is 13.2 Å². The zero-order valence-electron chi connectivity index (χ0n) is 8.95. The van der Waals surface area contributed by atoms with E-state index in [1.807, 2.05) is 6.92 Å². The molecule has 0 rings (SSSR count). The van der Waals surface area contributed by atoms with Gasteiger partial charge in [-0.05, 0) is 12.8 Å². The predicted molar refractivity (Wildman–Crippen MR) is 52.3 cm³/mol. The third kappa shape index (κ3) is 8.35. The van der Waals surface area contributed by atoms with Crippen molar-refractivity contribution in [3.63, 3.8) is 0 Å². The van der Waals surface area contributed by atoms with Crippen LogP contribution in [0.2, 0.25) is 0 Å². The first-order valence-electron chi connectivity index (χ1n) is 5.29. The zero-order valence-corrected chi connectivity index (χ0v) is 8.95. The Bertz CT molecular complexity index is 134. The number of unbranched alkanes of at least 4 members (excludes halogenated alkanes) is 1. The quantitative estimate of drug-likeness (QED) is 0.679. The van der Waals surface area contributed by atoms with E-state index in [0.29, 0.717) is 0 Å². The molecule has 0 amide bonds. The molecule has 0 aromatic rings. The van der Waals surface area contributed by atoms with Gasteiger partial charge < -0.3 is 5.32 Å². The molecule has 14 heavy (non-hydrogen) atoms. The topological polar surface area (TPSA) is 12.0 Å². The molecule has 0 aliphatic heterocycles. The van der Waals surface area contributed by atoms with Gasteiger partial charge in [-0.2, -0.15) is 13.2 Å². The van der Waals surface area contributed by atoms with Crippen LogP contribution in [0.3, 0.4) is 0 Å². The van der Waals surface area contributed by atoms with Gasteiger partial charge in [-0.3, -0.25) is 0 Å². The minimum Gasteiger partial charge on any atom is -0.314 e. The van der Waals surface area contributed by atoms with E-state index >= 15 is 0 Å². The van der Waals surface area contributed by atoms with Crippen LogP contribution in [0.1, 0.15) is 46.0 Å². The Morgan fingerprint density at radius 2 is 1.86 bits per heavy atom. The van der Waals surface area contributed by atoms with Crippen molar-refractivity contribution in [2.45, 2.75) is 58.2 Å². The van der Waals surface area contributed by atoms with Crippen molar-refractivity contribution in [2.75, 3.05) is 6.54 Å². The van der Waals surface area contributed by atoms with Crippen molar-refractivity contribution in [3.05, 3.63) is 0 Å². The van der Waals surface area contributed by atoms with Gasteiger partial charge in [0.05, 0.1) is 6.42 Å². The lowest BCUT2D eigenvalue weighted by Gasteiger charge is -2.17. The SMILES string of the molecule is CCCCC(CC)NCCC(F)(F)F. The highest BCUT2D eigenvalue weighted by atomic mass is 19.4.